The lowest BCUT2D eigenvalue weighted by Crippen LogP contribution is -2.54. The molecule has 1 aliphatic rings. The second kappa shape index (κ2) is 8.33. The molecule has 0 atom stereocenters. The smallest absolute Gasteiger partial charge is 0.281 e. The summed E-state index contributed by atoms with van der Waals surface area (Å²) in [6.45, 7) is 0. The zero-order valence-electron chi connectivity index (χ0n) is 15.9. The third-order valence-electron chi connectivity index (χ3n) is 4.53. The fraction of sp³-hybridized carbons (Fsp3) is 0. The highest BCUT2D eigenvalue weighted by molar-refractivity contribution is 7.80. The van der Waals surface area contributed by atoms with Gasteiger partial charge in [0.15, 0.2) is 5.11 Å². The van der Waals surface area contributed by atoms with E-state index in [1.54, 1.807) is 0 Å². The van der Waals surface area contributed by atoms with E-state index in [0.717, 1.165) is 17.0 Å². The highest BCUT2D eigenvalue weighted by Gasteiger charge is 2.36. The van der Waals surface area contributed by atoms with Crippen molar-refractivity contribution in [3.63, 3.8) is 0 Å². The number of hydrogen-bond donors (Lipinski definition) is 1. The van der Waals surface area contributed by atoms with Gasteiger partial charge in [0.05, 0.1) is 16.2 Å². The first-order valence-electron chi connectivity index (χ1n) is 8.96. The van der Waals surface area contributed by atoms with Crippen molar-refractivity contribution in [2.24, 2.45) is 0 Å². The third-order valence-corrected chi connectivity index (χ3v) is 5.05. The lowest BCUT2D eigenvalue weighted by atomic mass is 10.1. The molecular formula is C21H11ClFN3O5S. The topological polar surface area (TPSA) is 106 Å². The van der Waals surface area contributed by atoms with E-state index in [1.165, 1.54) is 48.5 Å². The number of carbonyl (C=O) groups is 2. The SMILES string of the molecule is O=C1NC(=S)N(c2ccccc2F)C(=O)/C1=C/c1ccc(-c2ccc(Cl)cc2[N+](=O)[O-])o1. The molecule has 0 saturated carbocycles. The highest BCUT2D eigenvalue weighted by Crippen LogP contribution is 2.34. The summed E-state index contributed by atoms with van der Waals surface area (Å²) in [6.07, 6.45) is 1.15. The second-order valence-corrected chi connectivity index (χ2v) is 7.35. The molecule has 3 aromatic rings. The van der Waals surface area contributed by atoms with Crippen LogP contribution in [0.5, 0.6) is 0 Å². The van der Waals surface area contributed by atoms with Gasteiger partial charge in [-0.15, -0.1) is 0 Å². The summed E-state index contributed by atoms with van der Waals surface area (Å²) in [4.78, 5) is 36.9. The van der Waals surface area contributed by atoms with Crippen LogP contribution in [0.25, 0.3) is 17.4 Å². The molecule has 1 N–H and O–H groups in total. The summed E-state index contributed by atoms with van der Waals surface area (Å²) >= 11 is 10.9. The number of para-hydroxylation sites is 1. The van der Waals surface area contributed by atoms with Crippen LogP contribution in [0.15, 0.2) is 64.6 Å². The number of nitro groups is 1. The van der Waals surface area contributed by atoms with Crippen LogP contribution in [0.4, 0.5) is 15.8 Å². The lowest BCUT2D eigenvalue weighted by Gasteiger charge is -2.28. The molecule has 11 heteroatoms. The Morgan fingerprint density at radius 2 is 1.91 bits per heavy atom. The van der Waals surface area contributed by atoms with E-state index < -0.39 is 22.6 Å². The Kier molecular flexibility index (Phi) is 5.56. The summed E-state index contributed by atoms with van der Waals surface area (Å²) in [7, 11) is 0. The van der Waals surface area contributed by atoms with Crippen molar-refractivity contribution in [1.29, 1.82) is 0 Å². The first-order chi connectivity index (χ1) is 15.3. The summed E-state index contributed by atoms with van der Waals surface area (Å²) in [5.74, 6) is -2.13. The average molecular weight is 472 g/mol. The van der Waals surface area contributed by atoms with Crippen LogP contribution in [-0.2, 0) is 9.59 Å². The molecule has 8 nitrogen and oxygen atoms in total. The monoisotopic (exact) mass is 471 g/mol. The molecule has 160 valence electrons. The van der Waals surface area contributed by atoms with E-state index in [0.29, 0.717) is 0 Å². The minimum atomic E-state index is -0.848. The molecule has 0 aliphatic carbocycles. The molecule has 0 radical (unpaired) electrons. The van der Waals surface area contributed by atoms with Gasteiger partial charge in [-0.05, 0) is 54.7 Å². The van der Waals surface area contributed by atoms with Gasteiger partial charge in [0.25, 0.3) is 17.5 Å². The molecule has 2 heterocycles. The van der Waals surface area contributed by atoms with E-state index in [4.69, 9.17) is 28.2 Å². The minimum absolute atomic E-state index is 0.0732. The van der Waals surface area contributed by atoms with Gasteiger partial charge in [0.2, 0.25) is 0 Å². The van der Waals surface area contributed by atoms with Crippen LogP contribution in [-0.4, -0.2) is 21.9 Å². The van der Waals surface area contributed by atoms with E-state index in [-0.39, 0.29) is 44.2 Å². The van der Waals surface area contributed by atoms with Gasteiger partial charge in [-0.25, -0.2) is 9.29 Å². The molecule has 2 amide bonds. The van der Waals surface area contributed by atoms with Crippen molar-refractivity contribution in [3.05, 3.63) is 86.9 Å². The highest BCUT2D eigenvalue weighted by atomic mass is 35.5. The maximum Gasteiger partial charge on any atom is 0.281 e. The summed E-state index contributed by atoms with van der Waals surface area (Å²) in [5.41, 5.74) is -0.579. The number of halogens is 2. The molecule has 1 saturated heterocycles. The summed E-state index contributed by atoms with van der Waals surface area (Å²) in [5, 5.41) is 13.6. The number of furan rings is 1. The zero-order chi connectivity index (χ0) is 23.0. The van der Waals surface area contributed by atoms with Crippen molar-refractivity contribution in [1.82, 2.24) is 5.32 Å². The summed E-state index contributed by atoms with van der Waals surface area (Å²) < 4.78 is 19.8. The Bertz CT molecular complexity index is 1340. The normalized spacial score (nSPS) is 15.2. The van der Waals surface area contributed by atoms with E-state index >= 15 is 0 Å². The Morgan fingerprint density at radius 3 is 2.62 bits per heavy atom. The van der Waals surface area contributed by atoms with Crippen LogP contribution >= 0.6 is 23.8 Å². The molecule has 0 spiro atoms. The van der Waals surface area contributed by atoms with Crippen molar-refractivity contribution < 1.29 is 23.3 Å². The average Bonchev–Trinajstić information content (AvgIpc) is 3.20. The number of nitrogens with one attached hydrogen (secondary N) is 1. The standard InChI is InChI=1S/C21H11ClFN3O5S/c22-11-5-7-13(17(9-11)26(29)30)18-8-6-12(31-18)10-14-19(27)24-21(32)25(20(14)28)16-4-2-1-3-15(16)23/h1-10H,(H,24,27,32)/b14-10+. The first-order valence-corrected chi connectivity index (χ1v) is 9.75. The Balaban J connectivity index is 1.72. The van der Waals surface area contributed by atoms with Crippen LogP contribution in [0, 0.1) is 15.9 Å². The van der Waals surface area contributed by atoms with Gasteiger partial charge in [0.1, 0.15) is 22.9 Å². The number of hydrogen-bond acceptors (Lipinski definition) is 6. The predicted molar refractivity (Wildman–Crippen MR) is 118 cm³/mol. The van der Waals surface area contributed by atoms with Crippen molar-refractivity contribution >= 4 is 58.2 Å². The Labute approximate surface area is 190 Å². The Morgan fingerprint density at radius 1 is 1.16 bits per heavy atom. The van der Waals surface area contributed by atoms with Gasteiger partial charge in [0, 0.05) is 11.1 Å². The van der Waals surface area contributed by atoms with E-state index in [9.17, 15) is 24.1 Å². The number of rotatable bonds is 4. The first kappa shape index (κ1) is 21.3. The number of thiocarbonyl (C=S) groups is 1. The molecule has 1 fully saturated rings. The third kappa shape index (κ3) is 3.88. The van der Waals surface area contributed by atoms with Crippen LogP contribution < -0.4 is 10.2 Å². The zero-order valence-corrected chi connectivity index (χ0v) is 17.4. The van der Waals surface area contributed by atoms with Gasteiger partial charge >= 0.3 is 0 Å². The van der Waals surface area contributed by atoms with Gasteiger partial charge in [-0.2, -0.15) is 0 Å². The number of carbonyl (C=O) groups excluding carboxylic acids is 2. The van der Waals surface area contributed by atoms with Crippen LogP contribution in [0.2, 0.25) is 5.02 Å². The van der Waals surface area contributed by atoms with Gasteiger partial charge < -0.3 is 4.42 Å². The fourth-order valence-corrected chi connectivity index (χ4v) is 3.53. The summed E-state index contributed by atoms with van der Waals surface area (Å²) in [6, 6.07) is 12.4. The van der Waals surface area contributed by atoms with Crippen molar-refractivity contribution in [2.75, 3.05) is 4.90 Å². The maximum absolute atomic E-state index is 14.2. The second-order valence-electron chi connectivity index (χ2n) is 6.53. The minimum Gasteiger partial charge on any atom is -0.456 e. The number of benzene rings is 2. The quantitative estimate of drug-likeness (QED) is 0.198. The molecule has 0 unspecified atom stereocenters. The number of nitrogens with zero attached hydrogens (tertiary/aromatic N) is 2. The fourth-order valence-electron chi connectivity index (χ4n) is 3.09. The molecule has 0 bridgehead atoms. The maximum atomic E-state index is 14.2. The number of anilines is 1. The number of nitro benzene ring substituents is 1. The largest absolute Gasteiger partial charge is 0.456 e. The van der Waals surface area contributed by atoms with Crippen LogP contribution in [0.3, 0.4) is 0 Å². The number of amides is 2. The van der Waals surface area contributed by atoms with E-state index in [1.807, 2.05) is 0 Å². The van der Waals surface area contributed by atoms with Crippen molar-refractivity contribution in [3.8, 4) is 11.3 Å². The van der Waals surface area contributed by atoms with Crippen molar-refractivity contribution in [2.45, 2.75) is 0 Å². The molecule has 32 heavy (non-hydrogen) atoms. The van der Waals surface area contributed by atoms with Gasteiger partial charge in [-0.3, -0.25) is 25.0 Å². The predicted octanol–water partition coefficient (Wildman–Crippen LogP) is 4.48. The van der Waals surface area contributed by atoms with E-state index in [2.05, 4.69) is 5.32 Å². The molecule has 4 rings (SSSR count). The van der Waals surface area contributed by atoms with Gasteiger partial charge in [-0.1, -0.05) is 23.7 Å². The Hall–Kier alpha value is -3.89. The van der Waals surface area contributed by atoms with Crippen LogP contribution in [0.1, 0.15) is 5.76 Å². The molecule has 1 aliphatic heterocycles. The molecular weight excluding hydrogens is 461 g/mol. The molecule has 1 aromatic heterocycles. The molecule has 2 aromatic carbocycles. The lowest BCUT2D eigenvalue weighted by molar-refractivity contribution is -0.384.